The van der Waals surface area contributed by atoms with E-state index in [0.717, 1.165) is 44.8 Å². The minimum absolute atomic E-state index is 0. The molecule has 0 atom stereocenters. The van der Waals surface area contributed by atoms with Crippen LogP contribution in [0.2, 0.25) is 0 Å². The molecule has 0 spiro atoms. The first-order chi connectivity index (χ1) is 13.8. The van der Waals surface area contributed by atoms with Gasteiger partial charge >= 0.3 is 7.82 Å². The molecule has 2 aliphatic heterocycles. The SMILES string of the molecule is C1=Cc2cc3ccc(cc4ccc(cc5nc(cc1n2)C=C5)[nH]4)[nH]3.O=P(O)(O)O.[Cu].[Cu]. The van der Waals surface area contributed by atoms with Crippen molar-refractivity contribution in [2.24, 2.45) is 0 Å². The van der Waals surface area contributed by atoms with Gasteiger partial charge in [0, 0.05) is 56.2 Å². The largest absolute Gasteiger partial charge is 0.466 e. The van der Waals surface area contributed by atoms with Crippen molar-refractivity contribution in [3.63, 3.8) is 0 Å². The predicted molar refractivity (Wildman–Crippen MR) is 113 cm³/mol. The van der Waals surface area contributed by atoms with Gasteiger partial charge < -0.3 is 24.6 Å². The fourth-order valence-corrected chi connectivity index (χ4v) is 2.94. The van der Waals surface area contributed by atoms with Crippen molar-refractivity contribution in [2.75, 3.05) is 0 Å². The molecule has 31 heavy (non-hydrogen) atoms. The number of hydrogen-bond acceptors (Lipinski definition) is 3. The maximum atomic E-state index is 8.88. The van der Waals surface area contributed by atoms with Gasteiger partial charge in [0.2, 0.25) is 0 Å². The Kier molecular flexibility index (Phi) is 8.37. The van der Waals surface area contributed by atoms with Gasteiger partial charge in [0.05, 0.1) is 22.8 Å². The predicted octanol–water partition coefficient (Wildman–Crippen LogP) is 3.72. The van der Waals surface area contributed by atoms with Crippen LogP contribution in [0, 0.1) is 0 Å². The van der Waals surface area contributed by atoms with Crippen LogP contribution in [-0.2, 0) is 38.7 Å². The Bertz CT molecular complexity index is 1240. The van der Waals surface area contributed by atoms with Crippen molar-refractivity contribution in [2.45, 2.75) is 0 Å². The average molecular weight is 535 g/mol. The summed E-state index contributed by atoms with van der Waals surface area (Å²) >= 11 is 0. The topological polar surface area (TPSA) is 135 Å². The van der Waals surface area contributed by atoms with Crippen LogP contribution in [0.5, 0.6) is 0 Å². The third kappa shape index (κ3) is 7.43. The zero-order chi connectivity index (χ0) is 20.4. The zero-order valence-electron chi connectivity index (χ0n) is 15.6. The van der Waals surface area contributed by atoms with Gasteiger partial charge in [-0.05, 0) is 72.8 Å². The van der Waals surface area contributed by atoms with E-state index in [-0.39, 0.29) is 34.1 Å². The standard InChI is InChI=1S/C20H14N4.2Cu.H3O4P/c1-2-14-10-16-5-6-18(23-16)12-20-8-7-19(24-20)11-17-4-3-15(22-17)9-13(1)21-14;;;1-5(2,3)4/h1-12,21-22H;;;(H3,1,2,3,4). The number of aromatic amines is 2. The molecule has 8 bridgehead atoms. The first-order valence-electron chi connectivity index (χ1n) is 8.63. The molecule has 0 unspecified atom stereocenters. The third-order valence-electron chi connectivity index (χ3n) is 4.04. The summed E-state index contributed by atoms with van der Waals surface area (Å²) in [6.07, 6.45) is 8.05. The van der Waals surface area contributed by atoms with Crippen LogP contribution < -0.4 is 0 Å². The average Bonchev–Trinajstić information content (AvgIpc) is 3.38. The van der Waals surface area contributed by atoms with E-state index in [1.165, 1.54) is 0 Å². The summed E-state index contributed by atoms with van der Waals surface area (Å²) in [5.74, 6) is 0. The molecule has 0 saturated heterocycles. The summed E-state index contributed by atoms with van der Waals surface area (Å²) < 4.78 is 8.88. The Morgan fingerprint density at radius 2 is 0.871 bits per heavy atom. The molecule has 5 heterocycles. The zero-order valence-corrected chi connectivity index (χ0v) is 18.4. The van der Waals surface area contributed by atoms with Gasteiger partial charge in [0.15, 0.2) is 0 Å². The van der Waals surface area contributed by atoms with E-state index in [4.69, 9.17) is 19.2 Å². The molecule has 3 aromatic rings. The first-order valence-corrected chi connectivity index (χ1v) is 10.2. The second-order valence-corrected chi connectivity index (χ2v) is 7.44. The van der Waals surface area contributed by atoms with Crippen LogP contribution in [0.4, 0.5) is 0 Å². The molecule has 5 rings (SSSR count). The van der Waals surface area contributed by atoms with E-state index in [1.54, 1.807) is 0 Å². The van der Waals surface area contributed by atoms with Gasteiger partial charge in [-0.15, -0.1) is 0 Å². The number of H-pyrrole nitrogens is 2. The Morgan fingerprint density at radius 3 is 1.23 bits per heavy atom. The molecule has 168 valence electrons. The molecule has 2 aliphatic rings. The normalized spacial score (nSPS) is 11.7. The number of nitrogens with zero attached hydrogens (tertiary/aromatic N) is 2. The molecule has 0 saturated carbocycles. The van der Waals surface area contributed by atoms with Gasteiger partial charge in [0.1, 0.15) is 0 Å². The fourth-order valence-electron chi connectivity index (χ4n) is 2.94. The maximum absolute atomic E-state index is 8.88. The quantitative estimate of drug-likeness (QED) is 0.152. The van der Waals surface area contributed by atoms with Crippen molar-refractivity contribution < 1.29 is 53.4 Å². The molecule has 0 fully saturated rings. The first kappa shape index (κ1) is 25.0. The van der Waals surface area contributed by atoms with Crippen LogP contribution in [-0.4, -0.2) is 34.6 Å². The Hall–Kier alpha value is -2.25. The number of aromatic nitrogens is 4. The van der Waals surface area contributed by atoms with Crippen molar-refractivity contribution in [1.29, 1.82) is 0 Å². The minimum Gasteiger partial charge on any atom is -0.355 e. The van der Waals surface area contributed by atoms with Gasteiger partial charge in [-0.25, -0.2) is 14.5 Å². The summed E-state index contributed by atoms with van der Waals surface area (Å²) in [6, 6.07) is 16.4. The van der Waals surface area contributed by atoms with Crippen LogP contribution in [0.1, 0.15) is 22.8 Å². The minimum atomic E-state index is -4.64. The van der Waals surface area contributed by atoms with Gasteiger partial charge in [0.25, 0.3) is 0 Å². The van der Waals surface area contributed by atoms with E-state index >= 15 is 0 Å². The Morgan fingerprint density at radius 1 is 0.581 bits per heavy atom. The number of fused-ring (bicyclic) bond motifs is 8. The molecule has 8 nitrogen and oxygen atoms in total. The second kappa shape index (κ2) is 10.4. The molecule has 0 aromatic carbocycles. The second-order valence-electron chi connectivity index (χ2n) is 6.42. The summed E-state index contributed by atoms with van der Waals surface area (Å²) in [7, 11) is -4.64. The monoisotopic (exact) mass is 534 g/mol. The van der Waals surface area contributed by atoms with Crippen LogP contribution in [0.25, 0.3) is 46.4 Å². The van der Waals surface area contributed by atoms with Gasteiger partial charge in [-0.3, -0.25) is 0 Å². The van der Waals surface area contributed by atoms with Crippen LogP contribution in [0.15, 0.2) is 48.5 Å². The smallest absolute Gasteiger partial charge is 0.355 e. The molecular weight excluding hydrogens is 518 g/mol. The van der Waals surface area contributed by atoms with E-state index in [0.29, 0.717) is 0 Å². The number of hydrogen-bond donors (Lipinski definition) is 5. The molecule has 3 aromatic heterocycles. The molecule has 0 aliphatic carbocycles. The summed E-state index contributed by atoms with van der Waals surface area (Å²) in [5, 5.41) is 0. The summed E-state index contributed by atoms with van der Waals surface area (Å²) in [6.45, 7) is 0. The van der Waals surface area contributed by atoms with Crippen LogP contribution in [0.3, 0.4) is 0 Å². The van der Waals surface area contributed by atoms with Crippen molar-refractivity contribution >= 4 is 54.2 Å². The molecule has 2 radical (unpaired) electrons. The van der Waals surface area contributed by atoms with E-state index in [1.807, 2.05) is 42.5 Å². The van der Waals surface area contributed by atoms with Crippen LogP contribution >= 0.6 is 7.82 Å². The van der Waals surface area contributed by atoms with Crippen molar-refractivity contribution in [3.05, 3.63) is 71.3 Å². The number of phosphoric acid groups is 1. The summed E-state index contributed by atoms with van der Waals surface area (Å²) in [4.78, 5) is 37.6. The molecule has 11 heteroatoms. The fraction of sp³-hybridized carbons (Fsp3) is 0. The third-order valence-corrected chi connectivity index (χ3v) is 4.04. The Labute approximate surface area is 198 Å². The van der Waals surface area contributed by atoms with E-state index in [9.17, 15) is 0 Å². The summed E-state index contributed by atoms with van der Waals surface area (Å²) in [5.41, 5.74) is 7.86. The molecular formula is C20H17Cu2N4O4P. The van der Waals surface area contributed by atoms with E-state index in [2.05, 4.69) is 50.3 Å². The Balaban J connectivity index is 0.000000443. The van der Waals surface area contributed by atoms with Gasteiger partial charge in [-0.2, -0.15) is 0 Å². The number of rotatable bonds is 0. The van der Waals surface area contributed by atoms with Gasteiger partial charge in [-0.1, -0.05) is 0 Å². The maximum Gasteiger partial charge on any atom is 0.466 e. The van der Waals surface area contributed by atoms with E-state index < -0.39 is 7.82 Å². The molecule has 0 amide bonds. The van der Waals surface area contributed by atoms with Crippen molar-refractivity contribution in [1.82, 2.24) is 19.9 Å². The number of nitrogens with one attached hydrogen (secondary N) is 2. The molecule has 5 N–H and O–H groups in total. The van der Waals surface area contributed by atoms with Crippen molar-refractivity contribution in [3.8, 4) is 0 Å².